The van der Waals surface area contributed by atoms with Gasteiger partial charge in [-0.25, -0.2) is 0 Å². The van der Waals surface area contributed by atoms with Gasteiger partial charge >= 0.3 is 0 Å². The van der Waals surface area contributed by atoms with Crippen LogP contribution < -0.4 is 5.32 Å². The van der Waals surface area contributed by atoms with Gasteiger partial charge in [0.1, 0.15) is 0 Å². The number of amides is 1. The van der Waals surface area contributed by atoms with E-state index in [4.69, 9.17) is 4.74 Å². The first kappa shape index (κ1) is 13.4. The van der Waals surface area contributed by atoms with E-state index in [0.717, 1.165) is 5.56 Å². The molecule has 0 aliphatic heterocycles. The van der Waals surface area contributed by atoms with Crippen LogP contribution in [0.15, 0.2) is 18.2 Å². The number of benzene rings is 1. The van der Waals surface area contributed by atoms with E-state index in [2.05, 4.69) is 27.9 Å². The summed E-state index contributed by atoms with van der Waals surface area (Å²) >= 11 is 2.25. The quantitative estimate of drug-likeness (QED) is 0.859. The van der Waals surface area contributed by atoms with Gasteiger partial charge < -0.3 is 10.1 Å². The summed E-state index contributed by atoms with van der Waals surface area (Å²) in [6.07, 6.45) is 0. The number of hydrogen-bond acceptors (Lipinski definition) is 2. The van der Waals surface area contributed by atoms with Crippen LogP contribution in [0.4, 0.5) is 0 Å². The maximum atomic E-state index is 11.8. The molecule has 0 heterocycles. The first-order valence-electron chi connectivity index (χ1n) is 5.10. The van der Waals surface area contributed by atoms with Crippen LogP contribution in [-0.2, 0) is 4.74 Å². The van der Waals surface area contributed by atoms with E-state index >= 15 is 0 Å². The summed E-state index contributed by atoms with van der Waals surface area (Å²) < 4.78 is 6.13. The van der Waals surface area contributed by atoms with Gasteiger partial charge in [-0.15, -0.1) is 0 Å². The highest BCUT2D eigenvalue weighted by molar-refractivity contribution is 14.1. The zero-order valence-corrected chi connectivity index (χ0v) is 11.9. The topological polar surface area (TPSA) is 38.3 Å². The summed E-state index contributed by atoms with van der Waals surface area (Å²) in [5.41, 5.74) is 1.81. The standard InChI is InChI=1S/C12H16INO2/c1-8-6-10(4-5-11(8)13)12(15)14-9(2)7-16-3/h4-6,9H,7H2,1-3H3,(H,14,15)/t9-/m1/s1. The second kappa shape index (κ2) is 6.20. The minimum atomic E-state index is -0.0518. The molecule has 0 aromatic heterocycles. The average Bonchev–Trinajstić information content (AvgIpc) is 2.22. The van der Waals surface area contributed by atoms with Crippen molar-refractivity contribution in [3.63, 3.8) is 0 Å². The fourth-order valence-corrected chi connectivity index (χ4v) is 1.72. The molecule has 1 amide bonds. The fourth-order valence-electron chi connectivity index (χ4n) is 1.38. The summed E-state index contributed by atoms with van der Waals surface area (Å²) in [6.45, 7) is 4.44. The third kappa shape index (κ3) is 3.75. The van der Waals surface area contributed by atoms with Crippen molar-refractivity contribution in [3.05, 3.63) is 32.9 Å². The first-order valence-corrected chi connectivity index (χ1v) is 6.18. The molecule has 0 bridgehead atoms. The van der Waals surface area contributed by atoms with E-state index < -0.39 is 0 Å². The molecule has 16 heavy (non-hydrogen) atoms. The molecule has 4 heteroatoms. The number of hydrogen-bond donors (Lipinski definition) is 1. The first-order chi connectivity index (χ1) is 7.54. The highest BCUT2D eigenvalue weighted by atomic mass is 127. The van der Waals surface area contributed by atoms with Crippen molar-refractivity contribution in [2.45, 2.75) is 19.9 Å². The molecular formula is C12H16INO2. The molecule has 0 radical (unpaired) electrons. The normalized spacial score (nSPS) is 12.2. The lowest BCUT2D eigenvalue weighted by molar-refractivity contribution is 0.0905. The Hall–Kier alpha value is -0.620. The largest absolute Gasteiger partial charge is 0.383 e. The van der Waals surface area contributed by atoms with Crippen molar-refractivity contribution in [2.75, 3.05) is 13.7 Å². The minimum absolute atomic E-state index is 0.0251. The number of methoxy groups -OCH3 is 1. The predicted octanol–water partition coefficient (Wildman–Crippen LogP) is 2.36. The number of aryl methyl sites for hydroxylation is 1. The summed E-state index contributed by atoms with van der Waals surface area (Å²) in [5.74, 6) is -0.0518. The molecule has 1 atom stereocenters. The molecule has 1 aromatic rings. The SMILES string of the molecule is COC[C@@H](C)NC(=O)c1ccc(I)c(C)c1. The molecule has 0 spiro atoms. The van der Waals surface area contributed by atoms with Crippen molar-refractivity contribution in [2.24, 2.45) is 0 Å². The van der Waals surface area contributed by atoms with E-state index in [1.165, 1.54) is 3.57 Å². The Morgan fingerprint density at radius 3 is 2.81 bits per heavy atom. The van der Waals surface area contributed by atoms with Crippen LogP contribution in [0.2, 0.25) is 0 Å². The lowest BCUT2D eigenvalue weighted by atomic mass is 10.1. The summed E-state index contributed by atoms with van der Waals surface area (Å²) in [5, 5.41) is 2.88. The van der Waals surface area contributed by atoms with Crippen LogP contribution in [0.25, 0.3) is 0 Å². The third-order valence-corrected chi connectivity index (χ3v) is 3.42. The molecule has 1 rings (SSSR count). The van der Waals surface area contributed by atoms with Gasteiger partial charge in [0.25, 0.3) is 5.91 Å². The molecule has 1 N–H and O–H groups in total. The number of rotatable bonds is 4. The van der Waals surface area contributed by atoms with Crippen molar-refractivity contribution >= 4 is 28.5 Å². The summed E-state index contributed by atoms with van der Waals surface area (Å²) in [4.78, 5) is 11.8. The number of nitrogens with one attached hydrogen (secondary N) is 1. The van der Waals surface area contributed by atoms with Crippen LogP contribution in [-0.4, -0.2) is 25.7 Å². The van der Waals surface area contributed by atoms with Crippen molar-refractivity contribution in [1.82, 2.24) is 5.32 Å². The van der Waals surface area contributed by atoms with Gasteiger partial charge in [0.15, 0.2) is 0 Å². The highest BCUT2D eigenvalue weighted by Crippen LogP contribution is 2.13. The Morgan fingerprint density at radius 2 is 2.25 bits per heavy atom. The van der Waals surface area contributed by atoms with E-state index in [0.29, 0.717) is 12.2 Å². The Labute approximate surface area is 110 Å². The fraction of sp³-hybridized carbons (Fsp3) is 0.417. The van der Waals surface area contributed by atoms with Gasteiger partial charge in [0.05, 0.1) is 6.61 Å². The van der Waals surface area contributed by atoms with Crippen LogP contribution in [0.1, 0.15) is 22.8 Å². The van der Waals surface area contributed by atoms with Gasteiger partial charge in [-0.1, -0.05) is 0 Å². The smallest absolute Gasteiger partial charge is 0.251 e. The van der Waals surface area contributed by atoms with E-state index in [-0.39, 0.29) is 11.9 Å². The molecule has 0 aliphatic rings. The molecule has 0 fully saturated rings. The van der Waals surface area contributed by atoms with Crippen molar-refractivity contribution < 1.29 is 9.53 Å². The zero-order valence-electron chi connectivity index (χ0n) is 9.71. The lowest BCUT2D eigenvalue weighted by Crippen LogP contribution is -2.35. The van der Waals surface area contributed by atoms with Crippen LogP contribution >= 0.6 is 22.6 Å². The molecule has 0 aliphatic carbocycles. The van der Waals surface area contributed by atoms with Crippen molar-refractivity contribution in [1.29, 1.82) is 0 Å². The summed E-state index contributed by atoms with van der Waals surface area (Å²) in [6, 6.07) is 5.71. The van der Waals surface area contributed by atoms with Gasteiger partial charge in [0.2, 0.25) is 0 Å². The van der Waals surface area contributed by atoms with Crippen LogP contribution in [0.5, 0.6) is 0 Å². The van der Waals surface area contributed by atoms with E-state index in [1.807, 2.05) is 32.0 Å². The molecule has 3 nitrogen and oxygen atoms in total. The number of carbonyl (C=O) groups excluding carboxylic acids is 1. The molecule has 88 valence electrons. The number of halogens is 1. The zero-order chi connectivity index (χ0) is 12.1. The van der Waals surface area contributed by atoms with E-state index in [9.17, 15) is 4.79 Å². The van der Waals surface area contributed by atoms with Crippen molar-refractivity contribution in [3.8, 4) is 0 Å². The molecule has 0 saturated carbocycles. The van der Waals surface area contributed by atoms with Gasteiger partial charge in [-0.2, -0.15) is 0 Å². The Bertz CT molecular complexity index is 379. The molecule has 0 saturated heterocycles. The number of ether oxygens (including phenoxy) is 1. The molecule has 0 unspecified atom stereocenters. The second-order valence-corrected chi connectivity index (χ2v) is 4.96. The predicted molar refractivity (Wildman–Crippen MR) is 72.7 cm³/mol. The van der Waals surface area contributed by atoms with E-state index in [1.54, 1.807) is 7.11 Å². The molecule has 1 aromatic carbocycles. The Kier molecular flexibility index (Phi) is 5.21. The van der Waals surface area contributed by atoms with Gasteiger partial charge in [-0.05, 0) is 60.2 Å². The Morgan fingerprint density at radius 1 is 1.56 bits per heavy atom. The monoisotopic (exact) mass is 333 g/mol. The average molecular weight is 333 g/mol. The van der Waals surface area contributed by atoms with Gasteiger partial charge in [-0.3, -0.25) is 4.79 Å². The Balaban J connectivity index is 2.69. The van der Waals surface area contributed by atoms with Crippen LogP contribution in [0, 0.1) is 10.5 Å². The third-order valence-electron chi connectivity index (χ3n) is 2.21. The highest BCUT2D eigenvalue weighted by Gasteiger charge is 2.10. The maximum absolute atomic E-state index is 11.8. The van der Waals surface area contributed by atoms with Crippen LogP contribution in [0.3, 0.4) is 0 Å². The molecular weight excluding hydrogens is 317 g/mol. The summed E-state index contributed by atoms with van der Waals surface area (Å²) in [7, 11) is 1.62. The maximum Gasteiger partial charge on any atom is 0.251 e. The lowest BCUT2D eigenvalue weighted by Gasteiger charge is -2.13. The minimum Gasteiger partial charge on any atom is -0.383 e. The van der Waals surface area contributed by atoms with Gasteiger partial charge in [0, 0.05) is 22.3 Å². The number of carbonyl (C=O) groups is 1. The second-order valence-electron chi connectivity index (χ2n) is 3.79.